The van der Waals surface area contributed by atoms with Crippen LogP contribution in [-0.4, -0.2) is 12.9 Å². The maximum absolute atomic E-state index is 12.3. The van der Waals surface area contributed by atoms with E-state index in [1.807, 2.05) is 31.4 Å². The van der Waals surface area contributed by atoms with Crippen molar-refractivity contribution in [2.24, 2.45) is 0 Å². The van der Waals surface area contributed by atoms with E-state index in [1.54, 1.807) is 13.2 Å². The zero-order valence-electron chi connectivity index (χ0n) is 10.4. The Morgan fingerprint density at radius 3 is 2.50 bits per heavy atom. The summed E-state index contributed by atoms with van der Waals surface area (Å²) < 4.78 is 5.08. The average molecular weight is 281 g/mol. The highest BCUT2D eigenvalue weighted by molar-refractivity contribution is 7.12. The van der Waals surface area contributed by atoms with Crippen LogP contribution in [0.4, 0.5) is 0 Å². The molecule has 18 heavy (non-hydrogen) atoms. The summed E-state index contributed by atoms with van der Waals surface area (Å²) in [5, 5.41) is 2.30. The highest BCUT2D eigenvalue weighted by Gasteiger charge is 2.16. The topological polar surface area (TPSA) is 26.3 Å². The third-order valence-electron chi connectivity index (χ3n) is 2.86. The molecule has 0 saturated heterocycles. The zero-order valence-corrected chi connectivity index (χ0v) is 12.0. The van der Waals surface area contributed by atoms with Crippen molar-refractivity contribution < 1.29 is 9.53 Å². The van der Waals surface area contributed by atoms with Gasteiger partial charge in [-0.3, -0.25) is 4.79 Å². The van der Waals surface area contributed by atoms with Crippen molar-refractivity contribution in [1.29, 1.82) is 0 Å². The second kappa shape index (κ2) is 5.12. The van der Waals surface area contributed by atoms with Crippen LogP contribution < -0.4 is 4.74 Å². The first-order valence-corrected chi connectivity index (χ1v) is 6.72. The van der Waals surface area contributed by atoms with Crippen molar-refractivity contribution in [2.45, 2.75) is 13.8 Å². The molecule has 0 amide bonds. The highest BCUT2D eigenvalue weighted by atomic mass is 35.5. The molecule has 0 radical (unpaired) electrons. The molecule has 2 nitrogen and oxygen atoms in total. The van der Waals surface area contributed by atoms with Crippen LogP contribution in [0.5, 0.6) is 5.75 Å². The lowest BCUT2D eigenvalue weighted by molar-refractivity contribution is 0.104. The third kappa shape index (κ3) is 2.42. The minimum atomic E-state index is -0.0589. The van der Waals surface area contributed by atoms with Crippen LogP contribution in [-0.2, 0) is 0 Å². The van der Waals surface area contributed by atoms with E-state index >= 15 is 0 Å². The Kier molecular flexibility index (Phi) is 3.73. The number of aryl methyl sites for hydroxylation is 2. The number of ketones is 1. The van der Waals surface area contributed by atoms with Gasteiger partial charge < -0.3 is 4.74 Å². The minimum Gasteiger partial charge on any atom is -0.496 e. The third-order valence-corrected chi connectivity index (χ3v) is 4.08. The molecule has 0 aliphatic rings. The van der Waals surface area contributed by atoms with Crippen LogP contribution in [0.1, 0.15) is 26.4 Å². The number of carbonyl (C=O) groups excluding carboxylic acids is 1. The number of rotatable bonds is 3. The normalized spacial score (nSPS) is 10.4. The molecular formula is C14H13ClO2S. The number of thiophene rings is 1. The number of hydrogen-bond donors (Lipinski definition) is 0. The van der Waals surface area contributed by atoms with E-state index in [4.69, 9.17) is 16.3 Å². The Morgan fingerprint density at radius 2 is 1.89 bits per heavy atom. The van der Waals surface area contributed by atoms with Crippen molar-refractivity contribution in [3.05, 3.63) is 50.2 Å². The highest BCUT2D eigenvalue weighted by Crippen LogP contribution is 2.28. The van der Waals surface area contributed by atoms with Gasteiger partial charge in [-0.15, -0.1) is 11.3 Å². The summed E-state index contributed by atoms with van der Waals surface area (Å²) in [6, 6.07) is 5.40. The Morgan fingerprint density at radius 1 is 1.22 bits per heavy atom. The van der Waals surface area contributed by atoms with Gasteiger partial charge in [0.25, 0.3) is 0 Å². The van der Waals surface area contributed by atoms with E-state index < -0.39 is 0 Å². The molecule has 0 aliphatic heterocycles. The van der Waals surface area contributed by atoms with E-state index in [9.17, 15) is 4.79 Å². The van der Waals surface area contributed by atoms with Gasteiger partial charge in [-0.05, 0) is 37.1 Å². The smallest absolute Gasteiger partial charge is 0.204 e. The molecular weight excluding hydrogens is 268 g/mol. The minimum absolute atomic E-state index is 0.0589. The second-order valence-electron chi connectivity index (χ2n) is 4.10. The van der Waals surface area contributed by atoms with Gasteiger partial charge in [-0.1, -0.05) is 11.6 Å². The van der Waals surface area contributed by atoms with Crippen LogP contribution in [0.15, 0.2) is 23.6 Å². The SMILES string of the molecule is COc1csc(C(=O)c2cc(C)c(C)cc2Cl)c1. The molecule has 4 heteroatoms. The fourth-order valence-electron chi connectivity index (χ4n) is 1.63. The Balaban J connectivity index is 2.42. The molecule has 0 spiro atoms. The quantitative estimate of drug-likeness (QED) is 0.786. The van der Waals surface area contributed by atoms with E-state index in [-0.39, 0.29) is 5.78 Å². The van der Waals surface area contributed by atoms with E-state index in [1.165, 1.54) is 11.3 Å². The molecule has 0 unspecified atom stereocenters. The van der Waals surface area contributed by atoms with Crippen LogP contribution in [0, 0.1) is 13.8 Å². The van der Waals surface area contributed by atoms with Crippen LogP contribution in [0.3, 0.4) is 0 Å². The first kappa shape index (κ1) is 13.1. The lowest BCUT2D eigenvalue weighted by atomic mass is 10.0. The first-order valence-electron chi connectivity index (χ1n) is 5.47. The van der Waals surface area contributed by atoms with Gasteiger partial charge in [-0.2, -0.15) is 0 Å². The monoisotopic (exact) mass is 280 g/mol. The molecule has 1 aromatic heterocycles. The van der Waals surface area contributed by atoms with Gasteiger partial charge in [0.15, 0.2) is 0 Å². The van der Waals surface area contributed by atoms with Gasteiger partial charge in [0.05, 0.1) is 17.0 Å². The molecule has 94 valence electrons. The lowest BCUT2D eigenvalue weighted by Gasteiger charge is -2.06. The van der Waals surface area contributed by atoms with Crippen molar-refractivity contribution in [3.8, 4) is 5.75 Å². The molecule has 2 rings (SSSR count). The van der Waals surface area contributed by atoms with Crippen molar-refractivity contribution in [2.75, 3.05) is 7.11 Å². The van der Waals surface area contributed by atoms with Crippen molar-refractivity contribution in [3.63, 3.8) is 0 Å². The zero-order chi connectivity index (χ0) is 13.3. The van der Waals surface area contributed by atoms with E-state index in [0.717, 1.165) is 11.1 Å². The van der Waals surface area contributed by atoms with Gasteiger partial charge in [0.2, 0.25) is 5.78 Å². The fourth-order valence-corrected chi connectivity index (χ4v) is 2.75. The number of benzene rings is 1. The number of carbonyl (C=O) groups is 1. The fraction of sp³-hybridized carbons (Fsp3) is 0.214. The summed E-state index contributed by atoms with van der Waals surface area (Å²) in [5.74, 6) is 0.639. The largest absolute Gasteiger partial charge is 0.496 e. The summed E-state index contributed by atoms with van der Waals surface area (Å²) in [7, 11) is 1.58. The maximum Gasteiger partial charge on any atom is 0.204 e. The summed E-state index contributed by atoms with van der Waals surface area (Å²) in [4.78, 5) is 13.0. The average Bonchev–Trinajstić information content (AvgIpc) is 2.81. The van der Waals surface area contributed by atoms with E-state index in [2.05, 4.69) is 0 Å². The first-order chi connectivity index (χ1) is 8.52. The molecule has 0 fully saturated rings. The second-order valence-corrected chi connectivity index (χ2v) is 5.41. The Bertz CT molecular complexity index is 602. The summed E-state index contributed by atoms with van der Waals surface area (Å²) in [6.45, 7) is 3.95. The maximum atomic E-state index is 12.3. The number of halogens is 1. The molecule has 0 aliphatic carbocycles. The Labute approximate surface area is 115 Å². The van der Waals surface area contributed by atoms with E-state index in [0.29, 0.717) is 21.2 Å². The summed E-state index contributed by atoms with van der Waals surface area (Å²) >= 11 is 7.50. The van der Waals surface area contributed by atoms with Crippen LogP contribution >= 0.6 is 22.9 Å². The van der Waals surface area contributed by atoms with Gasteiger partial charge in [0.1, 0.15) is 5.75 Å². The van der Waals surface area contributed by atoms with Crippen LogP contribution in [0.25, 0.3) is 0 Å². The molecule has 2 aromatic rings. The van der Waals surface area contributed by atoms with Crippen molar-refractivity contribution in [1.82, 2.24) is 0 Å². The molecule has 0 bridgehead atoms. The van der Waals surface area contributed by atoms with Gasteiger partial charge >= 0.3 is 0 Å². The summed E-state index contributed by atoms with van der Waals surface area (Å²) in [6.07, 6.45) is 0. The summed E-state index contributed by atoms with van der Waals surface area (Å²) in [5.41, 5.74) is 2.69. The number of methoxy groups -OCH3 is 1. The van der Waals surface area contributed by atoms with Crippen LogP contribution in [0.2, 0.25) is 5.02 Å². The molecule has 1 aromatic carbocycles. The molecule has 0 saturated carbocycles. The van der Waals surface area contributed by atoms with Crippen molar-refractivity contribution >= 4 is 28.7 Å². The standard InChI is InChI=1S/C14H13ClO2S/c1-8-4-11(12(15)5-9(8)2)14(16)13-6-10(17-3)7-18-13/h4-7H,1-3H3. The molecule has 0 N–H and O–H groups in total. The number of hydrogen-bond acceptors (Lipinski definition) is 3. The Hall–Kier alpha value is -1.32. The predicted octanol–water partition coefficient (Wildman–Crippen LogP) is 4.26. The molecule has 0 atom stereocenters. The van der Waals surface area contributed by atoms with Gasteiger partial charge in [0, 0.05) is 17.0 Å². The molecule has 1 heterocycles. The number of ether oxygens (including phenoxy) is 1. The van der Waals surface area contributed by atoms with Gasteiger partial charge in [-0.25, -0.2) is 0 Å². The lowest BCUT2D eigenvalue weighted by Crippen LogP contribution is -2.01. The predicted molar refractivity (Wildman–Crippen MR) is 75.2 cm³/mol.